The molecule has 1 aliphatic carbocycles. The summed E-state index contributed by atoms with van der Waals surface area (Å²) in [6, 6.07) is 11.5. The maximum absolute atomic E-state index is 14.0. The van der Waals surface area contributed by atoms with Crippen LogP contribution in [0.1, 0.15) is 49.3 Å². The van der Waals surface area contributed by atoms with Crippen molar-refractivity contribution in [1.29, 1.82) is 0 Å². The zero-order valence-corrected chi connectivity index (χ0v) is 19.7. The Hall–Kier alpha value is -3.72. The number of hydrogen-bond donors (Lipinski definition) is 2. The van der Waals surface area contributed by atoms with Gasteiger partial charge in [0, 0.05) is 24.1 Å². The van der Waals surface area contributed by atoms with Crippen molar-refractivity contribution >= 4 is 11.5 Å². The van der Waals surface area contributed by atoms with Gasteiger partial charge in [-0.1, -0.05) is 47.6 Å². The normalized spacial score (nSPS) is 13.9. The number of nitrogens with zero attached hydrogens (tertiary/aromatic N) is 2. The number of allylic oxidation sites excluding steroid dienone is 4. The Kier molecular flexibility index (Phi) is 7.69. The summed E-state index contributed by atoms with van der Waals surface area (Å²) in [5.41, 5.74) is 2.70. The van der Waals surface area contributed by atoms with Crippen molar-refractivity contribution in [3.8, 4) is 22.8 Å². The lowest BCUT2D eigenvalue weighted by Gasteiger charge is -2.19. The van der Waals surface area contributed by atoms with Crippen molar-refractivity contribution in [2.24, 2.45) is 0 Å². The Balaban J connectivity index is 1.50. The molecular formula is C27H26F3N3O3. The summed E-state index contributed by atoms with van der Waals surface area (Å²) in [5, 5.41) is 15.8. The third kappa shape index (κ3) is 6.09. The second kappa shape index (κ2) is 10.9. The number of aliphatic carboxylic acids is 1. The fourth-order valence-corrected chi connectivity index (χ4v) is 4.09. The summed E-state index contributed by atoms with van der Waals surface area (Å²) in [7, 11) is 0. The summed E-state index contributed by atoms with van der Waals surface area (Å²) < 4.78 is 47.2. The summed E-state index contributed by atoms with van der Waals surface area (Å²) in [5.74, 6) is -0.534. The maximum atomic E-state index is 14.0. The zero-order valence-electron chi connectivity index (χ0n) is 19.7. The van der Waals surface area contributed by atoms with Crippen molar-refractivity contribution in [3.63, 3.8) is 0 Å². The number of carboxylic acid groups (broad SMARTS) is 1. The Bertz CT molecular complexity index is 1290. The van der Waals surface area contributed by atoms with Gasteiger partial charge in [-0.2, -0.15) is 18.2 Å². The van der Waals surface area contributed by atoms with E-state index in [9.17, 15) is 18.0 Å². The number of alkyl halides is 3. The number of hydrogen-bond acceptors (Lipinski definition) is 5. The molecule has 1 heterocycles. The first-order valence-corrected chi connectivity index (χ1v) is 11.7. The van der Waals surface area contributed by atoms with Crippen LogP contribution >= 0.6 is 0 Å². The van der Waals surface area contributed by atoms with Gasteiger partial charge in [0.05, 0.1) is 5.56 Å². The van der Waals surface area contributed by atoms with Crippen LogP contribution in [0.3, 0.4) is 0 Å². The van der Waals surface area contributed by atoms with Crippen LogP contribution in [0.4, 0.5) is 13.2 Å². The molecule has 0 radical (unpaired) electrons. The predicted octanol–water partition coefficient (Wildman–Crippen LogP) is 6.50. The van der Waals surface area contributed by atoms with Crippen LogP contribution in [0.25, 0.3) is 28.4 Å². The molecule has 2 aromatic carbocycles. The molecule has 0 saturated heterocycles. The molecule has 0 amide bonds. The summed E-state index contributed by atoms with van der Waals surface area (Å²) in [6.45, 7) is 2.99. The van der Waals surface area contributed by atoms with Crippen LogP contribution < -0.4 is 5.32 Å². The molecule has 0 aliphatic heterocycles. The summed E-state index contributed by atoms with van der Waals surface area (Å²) in [6.07, 6.45) is 1.46. The van der Waals surface area contributed by atoms with Gasteiger partial charge in [-0.3, -0.25) is 4.79 Å². The molecule has 36 heavy (non-hydrogen) atoms. The van der Waals surface area contributed by atoms with E-state index in [4.69, 9.17) is 9.63 Å². The van der Waals surface area contributed by atoms with E-state index in [-0.39, 0.29) is 29.3 Å². The van der Waals surface area contributed by atoms with E-state index in [1.807, 2.05) is 31.2 Å². The average Bonchev–Trinajstić information content (AvgIpc) is 3.34. The van der Waals surface area contributed by atoms with Gasteiger partial charge in [0.1, 0.15) is 0 Å². The minimum atomic E-state index is -4.54. The highest BCUT2D eigenvalue weighted by atomic mass is 19.4. The minimum Gasteiger partial charge on any atom is -0.481 e. The van der Waals surface area contributed by atoms with Gasteiger partial charge < -0.3 is 14.9 Å². The maximum Gasteiger partial charge on any atom is 0.417 e. The summed E-state index contributed by atoms with van der Waals surface area (Å²) in [4.78, 5) is 14.9. The number of nitrogens with one attached hydrogen (secondary N) is 1. The van der Waals surface area contributed by atoms with E-state index < -0.39 is 17.7 Å². The van der Waals surface area contributed by atoms with Crippen molar-refractivity contribution in [2.45, 2.75) is 45.3 Å². The molecule has 2 N–H and O–H groups in total. The smallest absolute Gasteiger partial charge is 0.417 e. The second-order valence-electron chi connectivity index (χ2n) is 8.63. The fourth-order valence-electron chi connectivity index (χ4n) is 4.09. The predicted molar refractivity (Wildman–Crippen MR) is 130 cm³/mol. The molecule has 1 aromatic heterocycles. The van der Waals surface area contributed by atoms with Gasteiger partial charge in [-0.25, -0.2) is 0 Å². The largest absolute Gasteiger partial charge is 0.481 e. The molecule has 0 saturated carbocycles. The second-order valence-corrected chi connectivity index (χ2v) is 8.63. The van der Waals surface area contributed by atoms with Gasteiger partial charge in [-0.05, 0) is 67.1 Å². The Morgan fingerprint density at radius 2 is 1.81 bits per heavy atom. The van der Waals surface area contributed by atoms with Gasteiger partial charge in [0.2, 0.25) is 5.82 Å². The number of aromatic nitrogens is 2. The molecule has 1 aliphatic rings. The number of rotatable bonds is 9. The highest BCUT2D eigenvalue weighted by Crippen LogP contribution is 2.40. The number of carbonyl (C=O) groups is 1. The third-order valence-corrected chi connectivity index (χ3v) is 5.96. The first kappa shape index (κ1) is 25.4. The van der Waals surface area contributed by atoms with E-state index >= 15 is 0 Å². The van der Waals surface area contributed by atoms with E-state index in [0.717, 1.165) is 23.6 Å². The molecule has 0 bridgehead atoms. The van der Waals surface area contributed by atoms with Crippen molar-refractivity contribution in [2.75, 3.05) is 6.54 Å². The van der Waals surface area contributed by atoms with Crippen molar-refractivity contribution < 1.29 is 27.6 Å². The van der Waals surface area contributed by atoms with Crippen LogP contribution in [-0.2, 0) is 17.5 Å². The standard InChI is InChI=1S/C27H26F3N3O3/c1-17-5-2-3-6-21(17)22-13-12-20(15-23(22)27(28,29)30)26-32-25(33-36-26)19-10-8-18(9-11-19)16-31-14-4-7-24(34)35/h5-6,8-13,15,31H,2-4,7,14,16H2,1H3,(H,34,35). The Morgan fingerprint density at radius 3 is 2.50 bits per heavy atom. The monoisotopic (exact) mass is 497 g/mol. The molecule has 6 nitrogen and oxygen atoms in total. The molecular weight excluding hydrogens is 471 g/mol. The van der Waals surface area contributed by atoms with Crippen LogP contribution in [0.2, 0.25) is 0 Å². The first-order valence-electron chi connectivity index (χ1n) is 11.7. The van der Waals surface area contributed by atoms with Gasteiger partial charge in [0.15, 0.2) is 0 Å². The fraction of sp³-hybridized carbons (Fsp3) is 0.296. The van der Waals surface area contributed by atoms with Crippen LogP contribution in [0.5, 0.6) is 0 Å². The molecule has 3 aromatic rings. The number of benzene rings is 2. The van der Waals surface area contributed by atoms with Crippen LogP contribution in [0, 0.1) is 0 Å². The quantitative estimate of drug-likeness (QED) is 0.328. The van der Waals surface area contributed by atoms with E-state index in [1.165, 1.54) is 6.07 Å². The molecule has 9 heteroatoms. The molecule has 0 fully saturated rings. The summed E-state index contributed by atoms with van der Waals surface area (Å²) >= 11 is 0. The first-order chi connectivity index (χ1) is 17.2. The van der Waals surface area contributed by atoms with Gasteiger partial charge in [-0.15, -0.1) is 0 Å². The zero-order chi connectivity index (χ0) is 25.7. The average molecular weight is 498 g/mol. The van der Waals surface area contributed by atoms with Crippen LogP contribution in [0.15, 0.2) is 64.7 Å². The molecule has 0 spiro atoms. The SMILES string of the molecule is CC1=CCCC=C1c1ccc(-c2nc(-c3ccc(CNCCCC(=O)O)cc3)no2)cc1C(F)(F)F. The van der Waals surface area contributed by atoms with Crippen molar-refractivity contribution in [1.82, 2.24) is 15.5 Å². The molecule has 4 rings (SSSR count). The molecule has 0 atom stereocenters. The lowest BCUT2D eigenvalue weighted by atomic mass is 9.89. The van der Waals surface area contributed by atoms with Crippen LogP contribution in [-0.4, -0.2) is 27.8 Å². The molecule has 188 valence electrons. The highest BCUT2D eigenvalue weighted by molar-refractivity contribution is 5.82. The van der Waals surface area contributed by atoms with E-state index in [0.29, 0.717) is 37.1 Å². The van der Waals surface area contributed by atoms with Gasteiger partial charge >= 0.3 is 12.1 Å². The minimum absolute atomic E-state index is 0.0103. The lowest BCUT2D eigenvalue weighted by molar-refractivity contribution is -0.138. The lowest BCUT2D eigenvalue weighted by Crippen LogP contribution is -2.15. The van der Waals surface area contributed by atoms with Crippen molar-refractivity contribution in [3.05, 3.63) is 76.9 Å². The highest BCUT2D eigenvalue weighted by Gasteiger charge is 2.35. The number of carboxylic acids is 1. The third-order valence-electron chi connectivity index (χ3n) is 5.96. The number of halogens is 3. The Morgan fingerprint density at radius 1 is 1.08 bits per heavy atom. The Labute approximate surface area is 206 Å². The topological polar surface area (TPSA) is 88.2 Å². The van der Waals surface area contributed by atoms with E-state index in [1.54, 1.807) is 18.2 Å². The van der Waals surface area contributed by atoms with E-state index in [2.05, 4.69) is 15.5 Å². The van der Waals surface area contributed by atoms with Gasteiger partial charge in [0.25, 0.3) is 5.89 Å². The molecule has 0 unspecified atom stereocenters.